The summed E-state index contributed by atoms with van der Waals surface area (Å²) < 4.78 is 0. The molecule has 0 heteroatoms. The van der Waals surface area contributed by atoms with Gasteiger partial charge in [-0.2, -0.15) is 0 Å². The molecule has 3 saturated carbocycles. The fourth-order valence-electron chi connectivity index (χ4n) is 7.45. The van der Waals surface area contributed by atoms with E-state index in [1.165, 1.54) is 38.5 Å². The molecular weight excluding hydrogens is 264 g/mol. The van der Waals surface area contributed by atoms with Gasteiger partial charge in [-0.25, -0.2) is 0 Å². The Kier molecular flexibility index (Phi) is 3.86. The summed E-state index contributed by atoms with van der Waals surface area (Å²) >= 11 is 0. The van der Waals surface area contributed by atoms with Crippen molar-refractivity contribution in [1.29, 1.82) is 0 Å². The molecular formula is C22H38. The van der Waals surface area contributed by atoms with Crippen LogP contribution in [0.15, 0.2) is 12.7 Å². The highest BCUT2D eigenvalue weighted by atomic mass is 14.7. The molecule has 7 atom stereocenters. The minimum absolute atomic E-state index is 0.310. The van der Waals surface area contributed by atoms with Gasteiger partial charge in [0.2, 0.25) is 0 Å². The van der Waals surface area contributed by atoms with Crippen LogP contribution in [0.5, 0.6) is 0 Å². The highest BCUT2D eigenvalue weighted by Gasteiger charge is 2.61. The van der Waals surface area contributed by atoms with Crippen LogP contribution >= 0.6 is 0 Å². The van der Waals surface area contributed by atoms with E-state index in [-0.39, 0.29) is 0 Å². The molecule has 0 aromatic carbocycles. The second-order valence-electron chi connectivity index (χ2n) is 10.0. The second kappa shape index (κ2) is 5.12. The van der Waals surface area contributed by atoms with Crippen LogP contribution in [0.2, 0.25) is 0 Å². The first-order chi connectivity index (χ1) is 10.2. The smallest absolute Gasteiger partial charge is 0.00927 e. The largest absolute Gasteiger partial charge is 0.103 e. The van der Waals surface area contributed by atoms with Crippen LogP contribution in [-0.2, 0) is 0 Å². The summed E-state index contributed by atoms with van der Waals surface area (Å²) in [5.74, 6) is 4.69. The maximum Gasteiger partial charge on any atom is -0.00927 e. The Morgan fingerprint density at radius 3 is 2.32 bits per heavy atom. The molecule has 0 nitrogen and oxygen atoms in total. The molecule has 3 aliphatic carbocycles. The maximum atomic E-state index is 4.23. The van der Waals surface area contributed by atoms with E-state index < -0.39 is 0 Å². The first-order valence-corrected chi connectivity index (χ1v) is 9.85. The van der Waals surface area contributed by atoms with E-state index >= 15 is 0 Å². The Bertz CT molecular complexity index is 447. The van der Waals surface area contributed by atoms with Crippen LogP contribution < -0.4 is 0 Å². The maximum absolute atomic E-state index is 4.23. The van der Waals surface area contributed by atoms with Crippen LogP contribution in [0.4, 0.5) is 0 Å². The van der Waals surface area contributed by atoms with Gasteiger partial charge in [0.15, 0.2) is 0 Å². The number of hydrogen-bond donors (Lipinski definition) is 0. The van der Waals surface area contributed by atoms with E-state index in [4.69, 9.17) is 0 Å². The van der Waals surface area contributed by atoms with Gasteiger partial charge < -0.3 is 0 Å². The Balaban J connectivity index is 1.98. The summed E-state index contributed by atoms with van der Waals surface area (Å²) in [5.41, 5.74) is 1.35. The molecule has 0 N–H and O–H groups in total. The highest BCUT2D eigenvalue weighted by molar-refractivity contribution is 5.14. The molecule has 3 fully saturated rings. The molecule has 0 spiro atoms. The van der Waals surface area contributed by atoms with E-state index in [2.05, 4.69) is 54.2 Å². The first kappa shape index (κ1) is 16.6. The molecule has 0 bridgehead atoms. The summed E-state index contributed by atoms with van der Waals surface area (Å²) in [6.07, 6.45) is 10.9. The minimum Gasteiger partial charge on any atom is -0.103 e. The zero-order chi connectivity index (χ0) is 16.3. The average Bonchev–Trinajstić information content (AvgIpc) is 2.80. The lowest BCUT2D eigenvalue weighted by Gasteiger charge is -2.63. The van der Waals surface area contributed by atoms with Crippen LogP contribution in [-0.4, -0.2) is 0 Å². The second-order valence-corrected chi connectivity index (χ2v) is 10.0. The van der Waals surface area contributed by atoms with Crippen molar-refractivity contribution in [3.63, 3.8) is 0 Å². The van der Waals surface area contributed by atoms with E-state index in [0.717, 1.165) is 29.6 Å². The van der Waals surface area contributed by atoms with Gasteiger partial charge >= 0.3 is 0 Å². The summed E-state index contributed by atoms with van der Waals surface area (Å²) in [4.78, 5) is 0. The third-order valence-corrected chi connectivity index (χ3v) is 9.27. The first-order valence-electron chi connectivity index (χ1n) is 9.85. The minimum atomic E-state index is 0.310. The van der Waals surface area contributed by atoms with Gasteiger partial charge in [-0.3, -0.25) is 0 Å². The van der Waals surface area contributed by atoms with Crippen molar-refractivity contribution in [3.05, 3.63) is 12.7 Å². The number of fused-ring (bicyclic) bond motifs is 3. The molecule has 0 heterocycles. The standard InChI is InChI=1S/C22H38/c1-8-16-10-11-18-19-15(3)14-21(6,9-2)20(4,5)17(19)12-13-22(16,18)7/h9,15-19H,2,8,10-14H2,1,3-7H3/t15-,16?,17?,18+,19+,21?,22+/m0/s1. The van der Waals surface area contributed by atoms with Crippen molar-refractivity contribution >= 4 is 0 Å². The molecule has 0 aliphatic heterocycles. The van der Waals surface area contributed by atoms with E-state index in [1.54, 1.807) is 0 Å². The van der Waals surface area contributed by atoms with Crippen molar-refractivity contribution in [3.8, 4) is 0 Å². The Hall–Kier alpha value is -0.260. The molecule has 3 rings (SSSR count). The molecule has 3 aliphatic rings. The molecule has 0 saturated heterocycles. The summed E-state index contributed by atoms with van der Waals surface area (Å²) in [7, 11) is 0. The van der Waals surface area contributed by atoms with E-state index in [0.29, 0.717) is 16.2 Å². The average molecular weight is 303 g/mol. The predicted octanol–water partition coefficient (Wildman–Crippen LogP) is 6.71. The third-order valence-electron chi connectivity index (χ3n) is 9.27. The highest BCUT2D eigenvalue weighted by Crippen LogP contribution is 2.69. The van der Waals surface area contributed by atoms with Gasteiger partial charge in [0, 0.05) is 0 Å². The fourth-order valence-corrected chi connectivity index (χ4v) is 7.45. The normalized spacial score (nSPS) is 53.6. The summed E-state index contributed by atoms with van der Waals surface area (Å²) in [6, 6.07) is 0. The van der Waals surface area contributed by atoms with Crippen molar-refractivity contribution in [2.24, 2.45) is 45.8 Å². The zero-order valence-electron chi connectivity index (χ0n) is 15.9. The van der Waals surface area contributed by atoms with Crippen molar-refractivity contribution in [2.45, 2.75) is 80.1 Å². The van der Waals surface area contributed by atoms with E-state index in [9.17, 15) is 0 Å². The molecule has 22 heavy (non-hydrogen) atoms. The Morgan fingerprint density at radius 2 is 1.73 bits per heavy atom. The van der Waals surface area contributed by atoms with Gasteiger partial charge in [-0.15, -0.1) is 6.58 Å². The number of hydrogen-bond acceptors (Lipinski definition) is 0. The quantitative estimate of drug-likeness (QED) is 0.497. The Labute approximate surface area is 139 Å². The van der Waals surface area contributed by atoms with Crippen LogP contribution in [0.3, 0.4) is 0 Å². The molecule has 0 amide bonds. The van der Waals surface area contributed by atoms with Crippen LogP contribution in [0.1, 0.15) is 80.1 Å². The summed E-state index contributed by atoms with van der Waals surface area (Å²) in [6.45, 7) is 19.4. The van der Waals surface area contributed by atoms with Crippen molar-refractivity contribution < 1.29 is 0 Å². The molecule has 3 unspecified atom stereocenters. The van der Waals surface area contributed by atoms with Crippen LogP contribution in [0, 0.1) is 45.8 Å². The monoisotopic (exact) mass is 302 g/mol. The molecule has 0 radical (unpaired) electrons. The lowest BCUT2D eigenvalue weighted by Crippen LogP contribution is -2.56. The van der Waals surface area contributed by atoms with Gasteiger partial charge in [-0.05, 0) is 77.9 Å². The van der Waals surface area contributed by atoms with E-state index in [1.807, 2.05) is 0 Å². The molecule has 126 valence electrons. The Morgan fingerprint density at radius 1 is 1.05 bits per heavy atom. The molecule has 0 aromatic rings. The van der Waals surface area contributed by atoms with Gasteiger partial charge in [0.1, 0.15) is 0 Å². The lowest BCUT2D eigenvalue weighted by atomic mass is 9.41. The third kappa shape index (κ3) is 1.94. The zero-order valence-corrected chi connectivity index (χ0v) is 15.9. The SMILES string of the molecule is C=CC1(C)C[C@H](C)[C@@H]2C(CC[C@]3(C)C(CC)CC[C@H]23)C1(C)C. The number of rotatable bonds is 2. The van der Waals surface area contributed by atoms with Crippen molar-refractivity contribution in [1.82, 2.24) is 0 Å². The summed E-state index contributed by atoms with van der Waals surface area (Å²) in [5, 5.41) is 0. The fraction of sp³-hybridized carbons (Fsp3) is 0.909. The van der Waals surface area contributed by atoms with Gasteiger partial charge in [0.05, 0.1) is 0 Å². The number of allylic oxidation sites excluding steroid dienone is 1. The van der Waals surface area contributed by atoms with Crippen molar-refractivity contribution in [2.75, 3.05) is 0 Å². The predicted molar refractivity (Wildman–Crippen MR) is 96.7 cm³/mol. The van der Waals surface area contributed by atoms with Gasteiger partial charge in [-0.1, -0.05) is 54.0 Å². The van der Waals surface area contributed by atoms with Gasteiger partial charge in [0.25, 0.3) is 0 Å². The topological polar surface area (TPSA) is 0 Å². The lowest BCUT2D eigenvalue weighted by molar-refractivity contribution is -0.133. The van der Waals surface area contributed by atoms with Crippen LogP contribution in [0.25, 0.3) is 0 Å². The molecule has 0 aromatic heterocycles.